The number of nitrogens with one attached hydrogen (secondary N) is 1. The quantitative estimate of drug-likeness (QED) is 0.698. The summed E-state index contributed by atoms with van der Waals surface area (Å²) in [6.45, 7) is 0.372. The normalized spacial score (nSPS) is 15.2. The predicted molar refractivity (Wildman–Crippen MR) is 53.4 cm³/mol. The monoisotopic (exact) mass is 189 g/mol. The molecule has 0 amide bonds. The van der Waals surface area contributed by atoms with Gasteiger partial charge in [-0.1, -0.05) is 30.3 Å². The average molecular weight is 189 g/mol. The predicted octanol–water partition coefficient (Wildman–Crippen LogP) is 1.92. The molecule has 1 aliphatic heterocycles. The lowest BCUT2D eigenvalue weighted by atomic mass is 10.1. The summed E-state index contributed by atoms with van der Waals surface area (Å²) in [6, 6.07) is 9.85. The molecule has 1 aliphatic rings. The van der Waals surface area contributed by atoms with Crippen LogP contribution in [-0.4, -0.2) is 11.8 Å². The molecule has 0 saturated carbocycles. The summed E-state index contributed by atoms with van der Waals surface area (Å²) in [5.41, 5.74) is 3.77. The molecular formula is C11H11NO2. The second-order valence-corrected chi connectivity index (χ2v) is 2.99. The molecule has 1 aromatic rings. The Kier molecular flexibility index (Phi) is 2.51. The van der Waals surface area contributed by atoms with E-state index in [9.17, 15) is 0 Å². The molecule has 1 aromatic carbocycles. The third kappa shape index (κ3) is 1.78. The van der Waals surface area contributed by atoms with Crippen LogP contribution in [0.4, 0.5) is 0 Å². The van der Waals surface area contributed by atoms with Gasteiger partial charge in [0.25, 0.3) is 0 Å². The van der Waals surface area contributed by atoms with E-state index in [1.54, 1.807) is 6.08 Å². The highest BCUT2D eigenvalue weighted by Gasteiger charge is 2.07. The standard InChI is InChI=1S/C11H11NO2/c13-12-10-6-7-11(14-8-10)9-4-2-1-3-5-9/h1-7,12-13H,8H2. The molecule has 72 valence electrons. The van der Waals surface area contributed by atoms with Gasteiger partial charge in [0, 0.05) is 5.56 Å². The van der Waals surface area contributed by atoms with E-state index in [0.29, 0.717) is 12.3 Å². The van der Waals surface area contributed by atoms with Crippen molar-refractivity contribution < 1.29 is 9.94 Å². The van der Waals surface area contributed by atoms with Crippen LogP contribution in [0, 0.1) is 0 Å². The van der Waals surface area contributed by atoms with E-state index in [4.69, 9.17) is 9.94 Å². The topological polar surface area (TPSA) is 41.5 Å². The molecular weight excluding hydrogens is 178 g/mol. The van der Waals surface area contributed by atoms with Gasteiger partial charge in [0.2, 0.25) is 0 Å². The van der Waals surface area contributed by atoms with E-state index >= 15 is 0 Å². The Bertz CT molecular complexity index is 368. The first-order valence-corrected chi connectivity index (χ1v) is 4.39. The zero-order valence-corrected chi connectivity index (χ0v) is 7.60. The number of hydrogen-bond acceptors (Lipinski definition) is 3. The zero-order valence-electron chi connectivity index (χ0n) is 7.60. The van der Waals surface area contributed by atoms with Crippen LogP contribution < -0.4 is 5.48 Å². The third-order valence-electron chi connectivity index (χ3n) is 2.02. The van der Waals surface area contributed by atoms with Crippen molar-refractivity contribution in [1.29, 1.82) is 0 Å². The van der Waals surface area contributed by atoms with E-state index in [2.05, 4.69) is 5.48 Å². The van der Waals surface area contributed by atoms with E-state index in [0.717, 1.165) is 11.3 Å². The Hall–Kier alpha value is -1.74. The van der Waals surface area contributed by atoms with Crippen LogP contribution in [0.25, 0.3) is 5.76 Å². The smallest absolute Gasteiger partial charge is 0.130 e. The van der Waals surface area contributed by atoms with E-state index in [1.807, 2.05) is 36.4 Å². The third-order valence-corrected chi connectivity index (χ3v) is 2.02. The molecule has 3 nitrogen and oxygen atoms in total. The van der Waals surface area contributed by atoms with Gasteiger partial charge in [0.15, 0.2) is 0 Å². The minimum absolute atomic E-state index is 0.372. The van der Waals surface area contributed by atoms with Gasteiger partial charge in [-0.15, -0.1) is 0 Å². The molecule has 0 fully saturated rings. The van der Waals surface area contributed by atoms with Gasteiger partial charge in [0.1, 0.15) is 12.4 Å². The van der Waals surface area contributed by atoms with Gasteiger partial charge in [-0.25, -0.2) is 0 Å². The summed E-state index contributed by atoms with van der Waals surface area (Å²) in [4.78, 5) is 0. The molecule has 0 unspecified atom stereocenters. The molecule has 0 aliphatic carbocycles. The number of hydroxylamine groups is 1. The molecule has 2 N–H and O–H groups in total. The Morgan fingerprint density at radius 3 is 2.50 bits per heavy atom. The summed E-state index contributed by atoms with van der Waals surface area (Å²) in [5, 5.41) is 8.62. The van der Waals surface area contributed by atoms with E-state index in [-0.39, 0.29) is 0 Å². The molecule has 14 heavy (non-hydrogen) atoms. The molecule has 0 aromatic heterocycles. The summed E-state index contributed by atoms with van der Waals surface area (Å²) < 4.78 is 5.44. The number of allylic oxidation sites excluding steroid dienone is 2. The highest BCUT2D eigenvalue weighted by Crippen LogP contribution is 2.19. The van der Waals surface area contributed by atoms with Crippen LogP contribution in [0.1, 0.15) is 5.56 Å². The second-order valence-electron chi connectivity index (χ2n) is 2.99. The maximum Gasteiger partial charge on any atom is 0.130 e. The van der Waals surface area contributed by atoms with E-state index < -0.39 is 0 Å². The molecule has 3 heteroatoms. The SMILES string of the molecule is ONC1=CC=C(c2ccccc2)OC1. The van der Waals surface area contributed by atoms with Gasteiger partial charge < -0.3 is 4.74 Å². The molecule has 0 atom stereocenters. The Labute approximate surface area is 82.3 Å². The van der Waals surface area contributed by atoms with Gasteiger partial charge in [-0.2, -0.15) is 0 Å². The van der Waals surface area contributed by atoms with Crippen LogP contribution in [-0.2, 0) is 4.74 Å². The van der Waals surface area contributed by atoms with Crippen LogP contribution in [0.15, 0.2) is 48.2 Å². The molecule has 2 rings (SSSR count). The summed E-state index contributed by atoms with van der Waals surface area (Å²) in [5.74, 6) is 0.824. The summed E-state index contributed by atoms with van der Waals surface area (Å²) >= 11 is 0. The maximum atomic E-state index is 8.62. The van der Waals surface area contributed by atoms with Crippen molar-refractivity contribution in [2.24, 2.45) is 0 Å². The number of benzene rings is 1. The van der Waals surface area contributed by atoms with Gasteiger partial charge in [0.05, 0.1) is 5.70 Å². The molecule has 0 saturated heterocycles. The first kappa shape index (κ1) is 8.84. The summed E-state index contributed by atoms with van der Waals surface area (Å²) in [6.07, 6.45) is 3.63. The fraction of sp³-hybridized carbons (Fsp3) is 0.0909. The molecule has 1 heterocycles. The minimum Gasteiger partial charge on any atom is -0.487 e. The fourth-order valence-electron chi connectivity index (χ4n) is 1.28. The van der Waals surface area contributed by atoms with Crippen molar-refractivity contribution in [2.45, 2.75) is 0 Å². The second kappa shape index (κ2) is 3.98. The highest BCUT2D eigenvalue weighted by atomic mass is 16.5. The highest BCUT2D eigenvalue weighted by molar-refractivity contribution is 5.62. The number of rotatable bonds is 2. The van der Waals surface area contributed by atoms with Crippen molar-refractivity contribution in [3.63, 3.8) is 0 Å². The maximum absolute atomic E-state index is 8.62. The lowest BCUT2D eigenvalue weighted by Crippen LogP contribution is -2.14. The first-order chi connectivity index (χ1) is 6.90. The molecule has 0 spiro atoms. The number of ether oxygens (including phenoxy) is 1. The Morgan fingerprint density at radius 2 is 1.93 bits per heavy atom. The van der Waals surface area contributed by atoms with Gasteiger partial charge in [-0.05, 0) is 12.2 Å². The minimum atomic E-state index is 0.372. The van der Waals surface area contributed by atoms with Crippen molar-refractivity contribution in [3.05, 3.63) is 53.7 Å². The van der Waals surface area contributed by atoms with Crippen LogP contribution in [0.3, 0.4) is 0 Å². The van der Waals surface area contributed by atoms with E-state index in [1.165, 1.54) is 0 Å². The van der Waals surface area contributed by atoms with Crippen LogP contribution in [0.2, 0.25) is 0 Å². The van der Waals surface area contributed by atoms with Gasteiger partial charge in [-0.3, -0.25) is 10.7 Å². The zero-order chi connectivity index (χ0) is 9.80. The van der Waals surface area contributed by atoms with Crippen LogP contribution >= 0.6 is 0 Å². The molecule has 0 radical (unpaired) electrons. The van der Waals surface area contributed by atoms with Crippen molar-refractivity contribution in [1.82, 2.24) is 5.48 Å². The lowest BCUT2D eigenvalue weighted by Gasteiger charge is -2.15. The summed E-state index contributed by atoms with van der Waals surface area (Å²) in [7, 11) is 0. The first-order valence-electron chi connectivity index (χ1n) is 4.39. The van der Waals surface area contributed by atoms with Crippen molar-refractivity contribution >= 4 is 5.76 Å². The van der Waals surface area contributed by atoms with Crippen LogP contribution in [0.5, 0.6) is 0 Å². The Balaban J connectivity index is 2.22. The number of hydrogen-bond donors (Lipinski definition) is 2. The molecule has 0 bridgehead atoms. The fourth-order valence-corrected chi connectivity index (χ4v) is 1.28. The van der Waals surface area contributed by atoms with Crippen molar-refractivity contribution in [2.75, 3.05) is 6.61 Å². The average Bonchev–Trinajstić information content (AvgIpc) is 2.30. The lowest BCUT2D eigenvalue weighted by molar-refractivity contribution is 0.173. The van der Waals surface area contributed by atoms with Gasteiger partial charge >= 0.3 is 0 Å². The van der Waals surface area contributed by atoms with Crippen molar-refractivity contribution in [3.8, 4) is 0 Å². The largest absolute Gasteiger partial charge is 0.487 e. The Morgan fingerprint density at radius 1 is 1.14 bits per heavy atom.